The van der Waals surface area contributed by atoms with Gasteiger partial charge in [0.05, 0.1) is 6.54 Å². The van der Waals surface area contributed by atoms with E-state index in [-0.39, 0.29) is 0 Å². The lowest BCUT2D eigenvalue weighted by molar-refractivity contribution is 1.16. The number of benzene rings is 1. The second kappa shape index (κ2) is 5.69. The number of hydrogen-bond acceptors (Lipinski definition) is 3. The number of nitrogens with zero attached hydrogens (tertiary/aromatic N) is 1. The quantitative estimate of drug-likeness (QED) is 0.767. The van der Waals surface area contributed by atoms with Crippen molar-refractivity contribution in [2.75, 3.05) is 5.32 Å². The van der Waals surface area contributed by atoms with Gasteiger partial charge in [-0.2, -0.15) is 0 Å². The van der Waals surface area contributed by atoms with E-state index in [0.717, 1.165) is 26.1 Å². The van der Waals surface area contributed by atoms with Crippen LogP contribution in [-0.2, 0) is 6.54 Å². The predicted molar refractivity (Wildman–Crippen MR) is 81.0 cm³/mol. The average molecular weight is 397 g/mol. The molecule has 0 bridgehead atoms. The Hall–Kier alpha value is -0.100. The lowest BCUT2D eigenvalue weighted by atomic mass is 10.2. The number of nitrogens with one attached hydrogen (secondary N) is 1. The Kier molecular flexibility index (Phi) is 4.47. The Bertz CT molecular complexity index is 542. The van der Waals surface area contributed by atoms with Crippen LogP contribution in [0.5, 0.6) is 0 Å². The van der Waals surface area contributed by atoms with Crippen LogP contribution < -0.4 is 5.32 Å². The minimum atomic E-state index is 0.577. The molecule has 1 aromatic carbocycles. The van der Waals surface area contributed by atoms with Crippen LogP contribution in [0.25, 0.3) is 0 Å². The third-order valence-corrected chi connectivity index (χ3v) is 5.29. The molecule has 1 N–H and O–H groups in total. The number of halogens is 3. The standard InChI is InChI=1S/C11H9Br2ClN2S/c1-6-8(12)2-3-9(10(6)13)15-4-7-5-16-11(14)17-7/h2-3,5,15H,4H2,1H3. The molecule has 0 aliphatic carbocycles. The summed E-state index contributed by atoms with van der Waals surface area (Å²) in [5, 5.41) is 3.35. The molecule has 0 aliphatic heterocycles. The van der Waals surface area contributed by atoms with Crippen molar-refractivity contribution >= 4 is 60.5 Å². The number of thiazole rings is 1. The Balaban J connectivity index is 2.12. The highest BCUT2D eigenvalue weighted by molar-refractivity contribution is 9.11. The van der Waals surface area contributed by atoms with Crippen molar-refractivity contribution in [2.45, 2.75) is 13.5 Å². The summed E-state index contributed by atoms with van der Waals surface area (Å²) in [5.74, 6) is 0. The maximum atomic E-state index is 5.78. The van der Waals surface area contributed by atoms with Crippen LogP contribution in [0.4, 0.5) is 5.69 Å². The first-order valence-electron chi connectivity index (χ1n) is 4.86. The molecule has 0 saturated carbocycles. The van der Waals surface area contributed by atoms with E-state index in [0.29, 0.717) is 4.47 Å². The summed E-state index contributed by atoms with van der Waals surface area (Å²) >= 11 is 14.3. The highest BCUT2D eigenvalue weighted by atomic mass is 79.9. The van der Waals surface area contributed by atoms with Crippen molar-refractivity contribution in [3.05, 3.63) is 42.2 Å². The minimum Gasteiger partial charge on any atom is -0.379 e. The number of rotatable bonds is 3. The Morgan fingerprint density at radius 2 is 2.18 bits per heavy atom. The highest BCUT2D eigenvalue weighted by Gasteiger charge is 2.06. The molecule has 0 radical (unpaired) electrons. The molecule has 0 amide bonds. The largest absolute Gasteiger partial charge is 0.379 e. The fourth-order valence-corrected chi connectivity index (χ4v) is 3.35. The molecular weight excluding hydrogens is 387 g/mol. The molecule has 17 heavy (non-hydrogen) atoms. The van der Waals surface area contributed by atoms with Crippen LogP contribution in [0.15, 0.2) is 27.3 Å². The van der Waals surface area contributed by atoms with Crippen molar-refractivity contribution in [3.63, 3.8) is 0 Å². The topological polar surface area (TPSA) is 24.9 Å². The molecule has 0 fully saturated rings. The number of hydrogen-bond donors (Lipinski definition) is 1. The molecule has 0 unspecified atom stereocenters. The van der Waals surface area contributed by atoms with Gasteiger partial charge in [-0.1, -0.05) is 27.5 Å². The van der Waals surface area contributed by atoms with Gasteiger partial charge in [0.15, 0.2) is 4.47 Å². The van der Waals surface area contributed by atoms with Crippen LogP contribution in [0.3, 0.4) is 0 Å². The van der Waals surface area contributed by atoms with Crippen LogP contribution in [-0.4, -0.2) is 4.98 Å². The van der Waals surface area contributed by atoms with Crippen LogP contribution >= 0.6 is 54.8 Å². The third kappa shape index (κ3) is 3.22. The first-order chi connectivity index (χ1) is 8.08. The average Bonchev–Trinajstić information content (AvgIpc) is 2.71. The van der Waals surface area contributed by atoms with E-state index < -0.39 is 0 Å². The summed E-state index contributed by atoms with van der Waals surface area (Å²) in [7, 11) is 0. The van der Waals surface area contributed by atoms with E-state index in [9.17, 15) is 0 Å². The molecule has 6 heteroatoms. The van der Waals surface area contributed by atoms with Crippen LogP contribution in [0.1, 0.15) is 10.4 Å². The predicted octanol–water partition coefficient (Wildman–Crippen LogP) is 5.24. The zero-order valence-corrected chi connectivity index (χ0v) is 13.7. The van der Waals surface area contributed by atoms with E-state index >= 15 is 0 Å². The zero-order chi connectivity index (χ0) is 12.4. The van der Waals surface area contributed by atoms with Crippen molar-refractivity contribution < 1.29 is 0 Å². The maximum Gasteiger partial charge on any atom is 0.183 e. The molecule has 1 aromatic heterocycles. The molecule has 2 aromatic rings. The van der Waals surface area contributed by atoms with Gasteiger partial charge in [-0.25, -0.2) is 4.98 Å². The first kappa shape index (κ1) is 13.3. The van der Waals surface area contributed by atoms with Gasteiger partial charge in [0.1, 0.15) is 0 Å². The smallest absolute Gasteiger partial charge is 0.183 e. The van der Waals surface area contributed by atoms with Crippen molar-refractivity contribution in [2.24, 2.45) is 0 Å². The SMILES string of the molecule is Cc1c(Br)ccc(NCc2cnc(Cl)s2)c1Br. The lowest BCUT2D eigenvalue weighted by Crippen LogP contribution is -1.99. The zero-order valence-electron chi connectivity index (χ0n) is 8.93. The summed E-state index contributed by atoms with van der Waals surface area (Å²) in [6, 6.07) is 4.06. The molecule has 2 rings (SSSR count). The van der Waals surface area contributed by atoms with Gasteiger partial charge in [0.2, 0.25) is 0 Å². The Morgan fingerprint density at radius 1 is 1.41 bits per heavy atom. The second-order valence-corrected chi connectivity index (χ2v) is 6.81. The first-order valence-corrected chi connectivity index (χ1v) is 7.64. The molecule has 0 atom stereocenters. The van der Waals surface area contributed by atoms with Gasteiger partial charge >= 0.3 is 0 Å². The van der Waals surface area contributed by atoms with Crippen molar-refractivity contribution in [3.8, 4) is 0 Å². The van der Waals surface area contributed by atoms with E-state index in [1.165, 1.54) is 16.9 Å². The maximum absolute atomic E-state index is 5.78. The molecular formula is C11H9Br2ClN2S. The van der Waals surface area contributed by atoms with Gasteiger partial charge in [-0.15, -0.1) is 11.3 Å². The monoisotopic (exact) mass is 394 g/mol. The molecule has 1 heterocycles. The van der Waals surface area contributed by atoms with Crippen molar-refractivity contribution in [1.29, 1.82) is 0 Å². The van der Waals surface area contributed by atoms with E-state index in [2.05, 4.69) is 49.1 Å². The number of aromatic nitrogens is 1. The van der Waals surface area contributed by atoms with Gasteiger partial charge in [0.25, 0.3) is 0 Å². The van der Waals surface area contributed by atoms with E-state index in [1.54, 1.807) is 6.20 Å². The summed E-state index contributed by atoms with van der Waals surface area (Å²) in [6.45, 7) is 2.78. The summed E-state index contributed by atoms with van der Waals surface area (Å²) in [5.41, 5.74) is 2.24. The van der Waals surface area contributed by atoms with E-state index in [1.807, 2.05) is 12.1 Å². The lowest BCUT2D eigenvalue weighted by Gasteiger charge is -2.10. The van der Waals surface area contributed by atoms with Crippen LogP contribution in [0, 0.1) is 6.92 Å². The molecule has 0 saturated heterocycles. The van der Waals surface area contributed by atoms with Gasteiger partial charge in [-0.3, -0.25) is 0 Å². The van der Waals surface area contributed by atoms with Gasteiger partial charge in [-0.05, 0) is 40.5 Å². The summed E-state index contributed by atoms with van der Waals surface area (Å²) in [4.78, 5) is 5.12. The minimum absolute atomic E-state index is 0.577. The number of anilines is 1. The van der Waals surface area contributed by atoms with Gasteiger partial charge < -0.3 is 5.32 Å². The molecule has 0 spiro atoms. The van der Waals surface area contributed by atoms with E-state index in [4.69, 9.17) is 11.6 Å². The second-order valence-electron chi connectivity index (χ2n) is 3.47. The van der Waals surface area contributed by atoms with Crippen LogP contribution in [0.2, 0.25) is 4.47 Å². The Labute approximate surface area is 126 Å². The third-order valence-electron chi connectivity index (χ3n) is 2.30. The fraction of sp³-hybridized carbons (Fsp3) is 0.182. The van der Waals surface area contributed by atoms with Gasteiger partial charge in [0, 0.05) is 25.7 Å². The normalized spacial score (nSPS) is 10.6. The summed E-state index contributed by atoms with van der Waals surface area (Å²) < 4.78 is 2.74. The molecule has 0 aliphatic rings. The molecule has 2 nitrogen and oxygen atoms in total. The van der Waals surface area contributed by atoms with Crippen molar-refractivity contribution in [1.82, 2.24) is 4.98 Å². The Morgan fingerprint density at radius 3 is 2.82 bits per heavy atom. The molecule has 90 valence electrons. The summed E-state index contributed by atoms with van der Waals surface area (Å²) in [6.07, 6.45) is 1.79. The fourth-order valence-electron chi connectivity index (χ4n) is 1.35. The highest BCUT2D eigenvalue weighted by Crippen LogP contribution is 2.32.